The number of ether oxygens (including phenoxy) is 1. The molecule has 7 rings (SSSR count). The molecule has 47 heavy (non-hydrogen) atoms. The summed E-state index contributed by atoms with van der Waals surface area (Å²) in [5.41, 5.74) is 8.68. The number of aromatic nitrogens is 2. The van der Waals surface area contributed by atoms with Gasteiger partial charge in [0.25, 0.3) is 5.56 Å². The molecule has 7 heteroatoms. The second-order valence-electron chi connectivity index (χ2n) is 11.4. The highest BCUT2D eigenvalue weighted by Gasteiger charge is 2.35. The van der Waals surface area contributed by atoms with Gasteiger partial charge >= 0.3 is 5.97 Å². The minimum absolute atomic E-state index is 0.200. The van der Waals surface area contributed by atoms with E-state index in [1.807, 2.05) is 84.9 Å². The first-order chi connectivity index (χ1) is 22.9. The van der Waals surface area contributed by atoms with Crippen LogP contribution in [0.15, 0.2) is 137 Å². The van der Waals surface area contributed by atoms with Gasteiger partial charge in [0.2, 0.25) is 0 Å². The number of fused-ring (bicyclic) bond motifs is 1. The Kier molecular flexibility index (Phi) is 8.14. The monoisotopic (exact) mass is 635 g/mol. The Balaban J connectivity index is 1.37. The van der Waals surface area contributed by atoms with Crippen molar-refractivity contribution in [2.75, 3.05) is 6.61 Å². The van der Waals surface area contributed by atoms with E-state index in [4.69, 9.17) is 9.73 Å². The lowest BCUT2D eigenvalue weighted by molar-refractivity contribution is -0.138. The van der Waals surface area contributed by atoms with E-state index in [1.165, 1.54) is 16.9 Å². The molecule has 2 aromatic heterocycles. The minimum atomic E-state index is -0.695. The number of thiazole rings is 1. The van der Waals surface area contributed by atoms with Crippen molar-refractivity contribution in [1.29, 1.82) is 0 Å². The predicted molar refractivity (Wildman–Crippen MR) is 188 cm³/mol. The number of carbonyl (C=O) groups excluding carboxylic acids is 1. The Morgan fingerprint density at radius 3 is 2.06 bits per heavy atom. The summed E-state index contributed by atoms with van der Waals surface area (Å²) in [6.07, 6.45) is 1.94. The van der Waals surface area contributed by atoms with Crippen molar-refractivity contribution in [1.82, 2.24) is 9.13 Å². The molecule has 0 bridgehead atoms. The maximum Gasteiger partial charge on any atom is 0.338 e. The van der Waals surface area contributed by atoms with Crippen molar-refractivity contribution in [3.05, 3.63) is 175 Å². The number of benzene rings is 4. The second-order valence-corrected chi connectivity index (χ2v) is 12.4. The summed E-state index contributed by atoms with van der Waals surface area (Å²) in [4.78, 5) is 33.5. The van der Waals surface area contributed by atoms with Crippen LogP contribution < -0.4 is 14.9 Å². The van der Waals surface area contributed by atoms with Gasteiger partial charge in [-0.15, -0.1) is 0 Å². The molecule has 0 N–H and O–H groups in total. The largest absolute Gasteiger partial charge is 0.463 e. The highest BCUT2D eigenvalue weighted by Crippen LogP contribution is 2.35. The summed E-state index contributed by atoms with van der Waals surface area (Å²) in [5.74, 6) is -0.486. The fourth-order valence-corrected chi connectivity index (χ4v) is 7.29. The van der Waals surface area contributed by atoms with Gasteiger partial charge in [-0.2, -0.15) is 0 Å². The molecule has 1 aliphatic heterocycles. The highest BCUT2D eigenvalue weighted by molar-refractivity contribution is 7.07. The van der Waals surface area contributed by atoms with Gasteiger partial charge in [0.15, 0.2) is 4.80 Å². The van der Waals surface area contributed by atoms with E-state index in [0.29, 0.717) is 20.6 Å². The number of rotatable bonds is 7. The molecule has 0 radical (unpaired) electrons. The zero-order valence-electron chi connectivity index (χ0n) is 26.4. The molecule has 0 spiro atoms. The zero-order valence-corrected chi connectivity index (χ0v) is 27.2. The van der Waals surface area contributed by atoms with Crippen LogP contribution in [-0.2, 0) is 9.53 Å². The molecule has 1 atom stereocenters. The third kappa shape index (κ3) is 5.59. The average molecular weight is 636 g/mol. The summed E-state index contributed by atoms with van der Waals surface area (Å²) in [6, 6.07) is 39.5. The SMILES string of the molecule is CCOC(=O)C1=C(c2ccccc2)N=c2s/c(=C\c3cc(C)n(-c4ccc(-c5ccccc5)cc4)c3C)c(=O)n2[C@@H]1c1ccccc1. The predicted octanol–water partition coefficient (Wildman–Crippen LogP) is 7.01. The lowest BCUT2D eigenvalue weighted by Gasteiger charge is -2.25. The topological polar surface area (TPSA) is 65.6 Å². The summed E-state index contributed by atoms with van der Waals surface area (Å²) in [5, 5.41) is 0. The molecular weight excluding hydrogens is 603 g/mol. The maximum absolute atomic E-state index is 14.3. The Bertz CT molecular complexity index is 2300. The lowest BCUT2D eigenvalue weighted by Crippen LogP contribution is -2.40. The van der Waals surface area contributed by atoms with Crippen molar-refractivity contribution in [2.45, 2.75) is 26.8 Å². The Hall–Kier alpha value is -5.53. The molecule has 3 heterocycles. The summed E-state index contributed by atoms with van der Waals surface area (Å²) >= 11 is 1.33. The maximum atomic E-state index is 14.3. The number of nitrogens with zero attached hydrogens (tertiary/aromatic N) is 3. The second kappa shape index (κ2) is 12.7. The number of carbonyl (C=O) groups is 1. The molecule has 0 saturated heterocycles. The molecule has 1 aliphatic rings. The van der Waals surface area contributed by atoms with E-state index in [-0.39, 0.29) is 12.2 Å². The van der Waals surface area contributed by atoms with E-state index in [0.717, 1.165) is 39.3 Å². The van der Waals surface area contributed by atoms with E-state index in [2.05, 4.69) is 60.9 Å². The van der Waals surface area contributed by atoms with Crippen LogP contribution in [0.5, 0.6) is 0 Å². The van der Waals surface area contributed by atoms with E-state index < -0.39 is 12.0 Å². The molecule has 0 aliphatic carbocycles. The molecule has 0 unspecified atom stereocenters. The highest BCUT2D eigenvalue weighted by atomic mass is 32.1. The third-order valence-corrected chi connectivity index (χ3v) is 9.46. The fourth-order valence-electron chi connectivity index (χ4n) is 6.30. The van der Waals surface area contributed by atoms with E-state index in [9.17, 15) is 9.59 Å². The first kappa shape index (κ1) is 30.1. The number of hydrogen-bond donors (Lipinski definition) is 0. The van der Waals surface area contributed by atoms with Crippen LogP contribution in [-0.4, -0.2) is 21.7 Å². The Labute approximate surface area is 276 Å². The van der Waals surface area contributed by atoms with Gasteiger partial charge in [-0.05, 0) is 67.3 Å². The normalized spacial score (nSPS) is 14.5. The first-order valence-corrected chi connectivity index (χ1v) is 16.4. The number of aryl methyl sites for hydroxylation is 1. The van der Waals surface area contributed by atoms with Crippen LogP contribution in [0.1, 0.15) is 41.0 Å². The van der Waals surface area contributed by atoms with E-state index >= 15 is 0 Å². The van der Waals surface area contributed by atoms with Gasteiger partial charge in [0.05, 0.1) is 28.5 Å². The van der Waals surface area contributed by atoms with Crippen LogP contribution in [0.4, 0.5) is 0 Å². The molecule has 6 nitrogen and oxygen atoms in total. The molecule has 0 saturated carbocycles. The molecule has 0 fully saturated rings. The zero-order chi connectivity index (χ0) is 32.5. The molecule has 4 aromatic carbocycles. The average Bonchev–Trinajstić information content (AvgIpc) is 3.58. The third-order valence-electron chi connectivity index (χ3n) is 8.48. The molecule has 6 aromatic rings. The van der Waals surface area contributed by atoms with Crippen LogP contribution in [0.2, 0.25) is 0 Å². The first-order valence-electron chi connectivity index (χ1n) is 15.6. The van der Waals surface area contributed by atoms with Gasteiger partial charge in [-0.1, -0.05) is 114 Å². The minimum Gasteiger partial charge on any atom is -0.463 e. The quantitative estimate of drug-likeness (QED) is 0.177. The van der Waals surface area contributed by atoms with Crippen LogP contribution in [0.25, 0.3) is 28.6 Å². The Morgan fingerprint density at radius 1 is 0.830 bits per heavy atom. The smallest absolute Gasteiger partial charge is 0.338 e. The molecular formula is C40H33N3O3S. The number of hydrogen-bond acceptors (Lipinski definition) is 5. The van der Waals surface area contributed by atoms with Crippen molar-refractivity contribution >= 4 is 29.1 Å². The standard InChI is InChI=1S/C40H33N3O3S/c1-4-46-39(45)35-36(30-16-10-6-11-17-30)41-40-43(37(35)31-18-12-7-13-19-31)38(44)34(47-40)25-32-24-26(2)42(27(32)3)33-22-20-29(21-23-33)28-14-8-5-9-15-28/h5-25,37H,4H2,1-3H3/b34-25-/t37-/m1/s1. The van der Waals surface area contributed by atoms with Crippen molar-refractivity contribution in [3.8, 4) is 16.8 Å². The van der Waals surface area contributed by atoms with E-state index in [1.54, 1.807) is 11.5 Å². The van der Waals surface area contributed by atoms with Crippen LogP contribution in [0, 0.1) is 13.8 Å². The molecule has 0 amide bonds. The number of esters is 1. The summed E-state index contributed by atoms with van der Waals surface area (Å²) in [6.45, 7) is 6.13. The van der Waals surface area contributed by atoms with Gasteiger partial charge in [-0.25, -0.2) is 9.79 Å². The van der Waals surface area contributed by atoms with Crippen molar-refractivity contribution in [2.24, 2.45) is 4.99 Å². The molecule has 232 valence electrons. The van der Waals surface area contributed by atoms with Crippen molar-refractivity contribution < 1.29 is 9.53 Å². The van der Waals surface area contributed by atoms with Gasteiger partial charge < -0.3 is 9.30 Å². The Morgan fingerprint density at radius 2 is 1.43 bits per heavy atom. The van der Waals surface area contributed by atoms with Gasteiger partial charge in [0.1, 0.15) is 0 Å². The van der Waals surface area contributed by atoms with Gasteiger partial charge in [0, 0.05) is 22.6 Å². The fraction of sp³-hybridized carbons (Fsp3) is 0.125. The van der Waals surface area contributed by atoms with Crippen LogP contribution >= 0.6 is 11.3 Å². The summed E-state index contributed by atoms with van der Waals surface area (Å²) < 4.78 is 9.96. The lowest BCUT2D eigenvalue weighted by atomic mass is 9.93. The van der Waals surface area contributed by atoms with Crippen LogP contribution in [0.3, 0.4) is 0 Å². The summed E-state index contributed by atoms with van der Waals surface area (Å²) in [7, 11) is 0. The van der Waals surface area contributed by atoms with Crippen molar-refractivity contribution in [3.63, 3.8) is 0 Å². The van der Waals surface area contributed by atoms with Gasteiger partial charge in [-0.3, -0.25) is 9.36 Å².